The number of nitrogens with zero attached hydrogens (tertiary/aromatic N) is 1. The van der Waals surface area contributed by atoms with Gasteiger partial charge in [0.2, 0.25) is 0 Å². The monoisotopic (exact) mass is 246 g/mol. The van der Waals surface area contributed by atoms with Crippen LogP contribution in [0, 0.1) is 5.41 Å². The molecule has 0 fully saturated rings. The van der Waals surface area contributed by atoms with Gasteiger partial charge in [-0.1, -0.05) is 34.6 Å². The molecule has 0 aliphatic heterocycles. The molecule has 0 saturated heterocycles. The standard InChI is InChI=1S/C15H22N2O/c1-9(2)11-6-10(16)7-12-14(11)18-13(17-12)8-15(3,4)5/h6-7,9H,8,16H2,1-5H3. The van der Waals surface area contributed by atoms with Crippen LogP contribution in [0.15, 0.2) is 16.5 Å². The van der Waals surface area contributed by atoms with E-state index in [2.05, 4.69) is 39.6 Å². The van der Waals surface area contributed by atoms with E-state index in [-0.39, 0.29) is 5.41 Å². The highest BCUT2D eigenvalue weighted by molar-refractivity contribution is 5.81. The lowest BCUT2D eigenvalue weighted by atomic mass is 9.92. The van der Waals surface area contributed by atoms with E-state index in [1.807, 2.05) is 12.1 Å². The van der Waals surface area contributed by atoms with E-state index in [9.17, 15) is 0 Å². The van der Waals surface area contributed by atoms with Gasteiger partial charge in [0, 0.05) is 17.7 Å². The molecule has 0 spiro atoms. The van der Waals surface area contributed by atoms with Crippen molar-refractivity contribution in [1.82, 2.24) is 4.98 Å². The summed E-state index contributed by atoms with van der Waals surface area (Å²) in [5.74, 6) is 1.18. The van der Waals surface area contributed by atoms with Gasteiger partial charge < -0.3 is 10.2 Å². The highest BCUT2D eigenvalue weighted by atomic mass is 16.3. The minimum Gasteiger partial charge on any atom is -0.440 e. The van der Waals surface area contributed by atoms with Crippen LogP contribution in [0.4, 0.5) is 5.69 Å². The molecular weight excluding hydrogens is 224 g/mol. The first-order chi connectivity index (χ1) is 8.26. The molecule has 0 saturated carbocycles. The molecule has 0 atom stereocenters. The maximum absolute atomic E-state index is 5.92. The second-order valence-corrected chi connectivity index (χ2v) is 6.46. The Morgan fingerprint density at radius 2 is 1.94 bits per heavy atom. The van der Waals surface area contributed by atoms with Crippen LogP contribution >= 0.6 is 0 Å². The van der Waals surface area contributed by atoms with Crippen LogP contribution in [-0.2, 0) is 6.42 Å². The topological polar surface area (TPSA) is 52.0 Å². The van der Waals surface area contributed by atoms with Crippen LogP contribution < -0.4 is 5.73 Å². The molecule has 0 aliphatic rings. The number of aromatic nitrogens is 1. The van der Waals surface area contributed by atoms with Crippen LogP contribution in [0.1, 0.15) is 52.0 Å². The van der Waals surface area contributed by atoms with Gasteiger partial charge >= 0.3 is 0 Å². The van der Waals surface area contributed by atoms with E-state index in [1.54, 1.807) is 0 Å². The molecule has 1 aromatic heterocycles. The average Bonchev–Trinajstić information content (AvgIpc) is 2.54. The van der Waals surface area contributed by atoms with Crippen LogP contribution in [0.25, 0.3) is 11.1 Å². The summed E-state index contributed by atoms with van der Waals surface area (Å²) in [6, 6.07) is 3.87. The van der Waals surface area contributed by atoms with Crippen molar-refractivity contribution in [2.45, 2.75) is 47.0 Å². The summed E-state index contributed by atoms with van der Waals surface area (Å²) >= 11 is 0. The summed E-state index contributed by atoms with van der Waals surface area (Å²) in [5.41, 5.74) is 9.74. The third-order valence-corrected chi connectivity index (χ3v) is 2.89. The Kier molecular flexibility index (Phi) is 3.09. The van der Waals surface area contributed by atoms with Gasteiger partial charge in [0.1, 0.15) is 5.52 Å². The zero-order chi connectivity index (χ0) is 13.5. The molecule has 0 bridgehead atoms. The molecule has 98 valence electrons. The molecule has 0 radical (unpaired) electrons. The molecule has 1 aromatic carbocycles. The van der Waals surface area contributed by atoms with Crippen molar-refractivity contribution in [3.63, 3.8) is 0 Å². The quantitative estimate of drug-likeness (QED) is 0.811. The van der Waals surface area contributed by atoms with Crippen molar-refractivity contribution in [1.29, 1.82) is 0 Å². The summed E-state index contributed by atoms with van der Waals surface area (Å²) in [4.78, 5) is 4.56. The van der Waals surface area contributed by atoms with Crippen LogP contribution in [-0.4, -0.2) is 4.98 Å². The molecule has 0 amide bonds. The number of anilines is 1. The summed E-state index contributed by atoms with van der Waals surface area (Å²) in [5, 5.41) is 0. The first kappa shape index (κ1) is 12.9. The maximum atomic E-state index is 5.92. The van der Waals surface area contributed by atoms with E-state index in [0.717, 1.165) is 34.7 Å². The van der Waals surface area contributed by atoms with Crippen LogP contribution in [0.2, 0.25) is 0 Å². The minimum atomic E-state index is 0.171. The fraction of sp³-hybridized carbons (Fsp3) is 0.533. The van der Waals surface area contributed by atoms with Crippen LogP contribution in [0.3, 0.4) is 0 Å². The number of rotatable bonds is 2. The average molecular weight is 246 g/mol. The Labute approximate surface area is 108 Å². The maximum Gasteiger partial charge on any atom is 0.196 e. The second-order valence-electron chi connectivity index (χ2n) is 6.46. The molecule has 2 N–H and O–H groups in total. The van der Waals surface area contributed by atoms with Crippen molar-refractivity contribution in [3.05, 3.63) is 23.6 Å². The van der Waals surface area contributed by atoms with Gasteiger partial charge in [-0.25, -0.2) is 4.98 Å². The Bertz CT molecular complexity index is 562. The largest absolute Gasteiger partial charge is 0.440 e. The fourth-order valence-corrected chi connectivity index (χ4v) is 2.09. The molecular formula is C15H22N2O. The molecule has 0 unspecified atom stereocenters. The third-order valence-electron chi connectivity index (χ3n) is 2.89. The third kappa shape index (κ3) is 2.66. The molecule has 2 rings (SSSR count). The predicted molar refractivity (Wildman–Crippen MR) is 75.7 cm³/mol. The Morgan fingerprint density at radius 1 is 1.28 bits per heavy atom. The van der Waals surface area contributed by atoms with Crippen molar-refractivity contribution >= 4 is 16.8 Å². The first-order valence-electron chi connectivity index (χ1n) is 6.45. The molecule has 3 heteroatoms. The number of hydrogen-bond acceptors (Lipinski definition) is 3. The molecule has 3 nitrogen and oxygen atoms in total. The predicted octanol–water partition coefficient (Wildman–Crippen LogP) is 4.12. The number of hydrogen-bond donors (Lipinski definition) is 1. The van der Waals surface area contributed by atoms with E-state index < -0.39 is 0 Å². The Morgan fingerprint density at radius 3 is 2.50 bits per heavy atom. The van der Waals surface area contributed by atoms with Gasteiger partial charge in [-0.3, -0.25) is 0 Å². The Hall–Kier alpha value is -1.51. The normalized spacial score (nSPS) is 12.6. The number of nitrogen functional groups attached to an aromatic ring is 1. The second kappa shape index (κ2) is 4.30. The SMILES string of the molecule is CC(C)c1cc(N)cc2nc(CC(C)(C)C)oc12. The molecule has 18 heavy (non-hydrogen) atoms. The summed E-state index contributed by atoms with van der Waals surface area (Å²) in [6.45, 7) is 10.8. The number of nitrogens with two attached hydrogens (primary N) is 1. The van der Waals surface area contributed by atoms with E-state index in [4.69, 9.17) is 10.2 Å². The fourth-order valence-electron chi connectivity index (χ4n) is 2.09. The van der Waals surface area contributed by atoms with Gasteiger partial charge in [-0.05, 0) is 23.5 Å². The summed E-state index contributed by atoms with van der Waals surface area (Å²) in [7, 11) is 0. The molecule has 2 aromatic rings. The minimum absolute atomic E-state index is 0.171. The van der Waals surface area contributed by atoms with E-state index in [1.165, 1.54) is 0 Å². The van der Waals surface area contributed by atoms with Crippen molar-refractivity contribution in [2.24, 2.45) is 5.41 Å². The van der Waals surface area contributed by atoms with Crippen molar-refractivity contribution < 1.29 is 4.42 Å². The summed E-state index contributed by atoms with van der Waals surface area (Å²) < 4.78 is 5.92. The lowest BCUT2D eigenvalue weighted by Crippen LogP contribution is -2.09. The smallest absolute Gasteiger partial charge is 0.196 e. The van der Waals surface area contributed by atoms with Gasteiger partial charge in [0.25, 0.3) is 0 Å². The molecule has 0 aliphatic carbocycles. The number of oxazole rings is 1. The molecule has 1 heterocycles. The van der Waals surface area contributed by atoms with E-state index >= 15 is 0 Å². The zero-order valence-corrected chi connectivity index (χ0v) is 11.9. The number of benzene rings is 1. The van der Waals surface area contributed by atoms with Crippen LogP contribution in [0.5, 0.6) is 0 Å². The lowest BCUT2D eigenvalue weighted by Gasteiger charge is -2.14. The highest BCUT2D eigenvalue weighted by Gasteiger charge is 2.18. The van der Waals surface area contributed by atoms with Gasteiger partial charge in [0.05, 0.1) is 0 Å². The van der Waals surface area contributed by atoms with Gasteiger partial charge in [-0.15, -0.1) is 0 Å². The van der Waals surface area contributed by atoms with Gasteiger partial charge in [-0.2, -0.15) is 0 Å². The zero-order valence-electron chi connectivity index (χ0n) is 11.9. The highest BCUT2D eigenvalue weighted by Crippen LogP contribution is 2.30. The number of fused-ring (bicyclic) bond motifs is 1. The lowest BCUT2D eigenvalue weighted by molar-refractivity contribution is 0.361. The van der Waals surface area contributed by atoms with Crippen molar-refractivity contribution in [2.75, 3.05) is 5.73 Å². The summed E-state index contributed by atoms with van der Waals surface area (Å²) in [6.07, 6.45) is 0.832. The first-order valence-corrected chi connectivity index (χ1v) is 6.45. The van der Waals surface area contributed by atoms with Crippen molar-refractivity contribution in [3.8, 4) is 0 Å². The van der Waals surface area contributed by atoms with E-state index in [0.29, 0.717) is 5.92 Å². The van der Waals surface area contributed by atoms with Gasteiger partial charge in [0.15, 0.2) is 11.5 Å². The Balaban J connectivity index is 2.53.